The van der Waals surface area contributed by atoms with Gasteiger partial charge in [0, 0.05) is 42.0 Å². The maximum Gasteiger partial charge on any atom is 0.239 e. The van der Waals surface area contributed by atoms with Crippen molar-refractivity contribution in [2.24, 2.45) is 5.73 Å². The van der Waals surface area contributed by atoms with E-state index in [2.05, 4.69) is 28.7 Å². The molecule has 6 nitrogen and oxygen atoms in total. The molecule has 9 heteroatoms. The second kappa shape index (κ2) is 10.8. The highest BCUT2D eigenvalue weighted by atomic mass is 35.5. The summed E-state index contributed by atoms with van der Waals surface area (Å²) in [7, 11) is 0. The van der Waals surface area contributed by atoms with Crippen LogP contribution in [0.5, 0.6) is 0 Å². The highest BCUT2D eigenvalue weighted by molar-refractivity contribution is 6.30. The van der Waals surface area contributed by atoms with Crippen LogP contribution in [0.3, 0.4) is 0 Å². The summed E-state index contributed by atoms with van der Waals surface area (Å²) in [5, 5.41) is 0.684. The molecular formula is C22H30Cl3N5O. The second-order valence-electron chi connectivity index (χ2n) is 8.26. The van der Waals surface area contributed by atoms with Crippen molar-refractivity contribution in [3.8, 4) is 0 Å². The lowest BCUT2D eigenvalue weighted by molar-refractivity contribution is -0.133. The largest absolute Gasteiger partial charge is 0.350 e. The van der Waals surface area contributed by atoms with E-state index in [1.54, 1.807) is 6.33 Å². The minimum Gasteiger partial charge on any atom is -0.350 e. The molecule has 1 aliphatic heterocycles. The monoisotopic (exact) mass is 485 g/mol. The number of benzene rings is 1. The number of aromatic nitrogens is 2. The lowest BCUT2D eigenvalue weighted by Crippen LogP contribution is -2.57. The predicted molar refractivity (Wildman–Crippen MR) is 130 cm³/mol. The highest BCUT2D eigenvalue weighted by Crippen LogP contribution is 2.38. The van der Waals surface area contributed by atoms with Crippen LogP contribution in [0.1, 0.15) is 43.0 Å². The zero-order valence-electron chi connectivity index (χ0n) is 17.8. The van der Waals surface area contributed by atoms with Crippen LogP contribution in [0.4, 0.5) is 5.82 Å². The van der Waals surface area contributed by atoms with Crippen LogP contribution in [0.2, 0.25) is 5.02 Å². The van der Waals surface area contributed by atoms with Crippen LogP contribution in [-0.4, -0.2) is 52.5 Å². The van der Waals surface area contributed by atoms with Crippen molar-refractivity contribution < 1.29 is 4.79 Å². The fourth-order valence-electron chi connectivity index (χ4n) is 4.52. The summed E-state index contributed by atoms with van der Waals surface area (Å²) < 4.78 is 0. The second-order valence-corrected chi connectivity index (χ2v) is 8.70. The van der Waals surface area contributed by atoms with E-state index >= 15 is 0 Å². The van der Waals surface area contributed by atoms with Gasteiger partial charge in [-0.25, -0.2) is 9.97 Å². The molecule has 1 aliphatic carbocycles. The molecule has 1 aromatic carbocycles. The first-order valence-electron chi connectivity index (χ1n) is 10.3. The molecule has 0 bridgehead atoms. The SMILES string of the molecule is CC1CCc2ncnc(N3CCN(C(=O)C(N)Cc4ccc(Cl)cc4)CC3C)c21.Cl.Cl. The van der Waals surface area contributed by atoms with E-state index in [9.17, 15) is 4.79 Å². The van der Waals surface area contributed by atoms with Gasteiger partial charge in [-0.2, -0.15) is 0 Å². The molecule has 0 spiro atoms. The summed E-state index contributed by atoms with van der Waals surface area (Å²) in [6.07, 6.45) is 4.35. The van der Waals surface area contributed by atoms with Crippen molar-refractivity contribution in [3.05, 3.63) is 52.4 Å². The van der Waals surface area contributed by atoms with E-state index in [-0.39, 0.29) is 36.8 Å². The summed E-state index contributed by atoms with van der Waals surface area (Å²) in [6, 6.07) is 7.15. The average Bonchev–Trinajstić information content (AvgIpc) is 3.10. The molecule has 4 rings (SSSR count). The van der Waals surface area contributed by atoms with Gasteiger partial charge in [-0.3, -0.25) is 4.79 Å². The fraction of sp³-hybridized carbons (Fsp3) is 0.500. The van der Waals surface area contributed by atoms with Crippen LogP contribution in [0, 0.1) is 0 Å². The van der Waals surface area contributed by atoms with E-state index < -0.39 is 6.04 Å². The van der Waals surface area contributed by atoms with Gasteiger partial charge in [-0.1, -0.05) is 30.7 Å². The number of hydrogen-bond acceptors (Lipinski definition) is 5. The normalized spacial score (nSPS) is 21.0. The number of anilines is 1. The number of amides is 1. The number of aryl methyl sites for hydroxylation is 1. The number of hydrogen-bond donors (Lipinski definition) is 1. The van der Waals surface area contributed by atoms with Crippen molar-refractivity contribution in [2.75, 3.05) is 24.5 Å². The molecule has 1 aromatic heterocycles. The minimum atomic E-state index is -0.543. The molecule has 2 aliphatic rings. The molecule has 170 valence electrons. The van der Waals surface area contributed by atoms with E-state index in [1.807, 2.05) is 29.2 Å². The molecule has 3 atom stereocenters. The van der Waals surface area contributed by atoms with Gasteiger partial charge >= 0.3 is 0 Å². The molecule has 2 aromatic rings. The van der Waals surface area contributed by atoms with Gasteiger partial charge in [0.1, 0.15) is 12.1 Å². The van der Waals surface area contributed by atoms with Gasteiger partial charge < -0.3 is 15.5 Å². The highest BCUT2D eigenvalue weighted by Gasteiger charge is 2.33. The molecule has 3 unspecified atom stereocenters. The van der Waals surface area contributed by atoms with Crippen molar-refractivity contribution in [2.45, 2.75) is 51.1 Å². The standard InChI is InChI=1S/C22H28ClN5O.2ClH/c1-14-3-8-19-20(14)21(26-13-25-19)28-10-9-27(12-15(28)2)22(29)18(24)11-16-4-6-17(23)7-5-16;;/h4-7,13-15,18H,3,8-12,24H2,1-2H3;2*1H. The quantitative estimate of drug-likeness (QED) is 0.714. The zero-order chi connectivity index (χ0) is 20.5. The first kappa shape index (κ1) is 25.7. The van der Waals surface area contributed by atoms with Gasteiger partial charge in [-0.05, 0) is 49.8 Å². The van der Waals surface area contributed by atoms with Gasteiger partial charge in [0.25, 0.3) is 0 Å². The smallest absolute Gasteiger partial charge is 0.239 e. The summed E-state index contributed by atoms with van der Waals surface area (Å²) >= 11 is 5.94. The molecule has 0 saturated carbocycles. The van der Waals surface area contributed by atoms with Crippen LogP contribution in [0.15, 0.2) is 30.6 Å². The van der Waals surface area contributed by atoms with Gasteiger partial charge in [0.05, 0.1) is 6.04 Å². The Bertz CT molecular complexity index is 895. The van der Waals surface area contributed by atoms with Crippen LogP contribution in [-0.2, 0) is 17.6 Å². The first-order chi connectivity index (χ1) is 13.9. The van der Waals surface area contributed by atoms with E-state index in [0.29, 0.717) is 30.5 Å². The Balaban J connectivity index is 0.00000171. The molecule has 1 amide bonds. The topological polar surface area (TPSA) is 75.4 Å². The Morgan fingerprint density at radius 3 is 2.58 bits per heavy atom. The number of fused-ring (bicyclic) bond motifs is 1. The molecule has 2 heterocycles. The molecule has 31 heavy (non-hydrogen) atoms. The maximum absolute atomic E-state index is 12.9. The summed E-state index contributed by atoms with van der Waals surface area (Å²) in [6.45, 7) is 6.47. The van der Waals surface area contributed by atoms with E-state index in [1.165, 1.54) is 11.3 Å². The van der Waals surface area contributed by atoms with Crippen LogP contribution in [0.25, 0.3) is 0 Å². The molecule has 1 fully saturated rings. The maximum atomic E-state index is 12.9. The van der Waals surface area contributed by atoms with Crippen LogP contribution < -0.4 is 10.6 Å². The Hall–Kier alpha value is -1.60. The number of piperazine rings is 1. The lowest BCUT2D eigenvalue weighted by atomic mass is 10.0. The van der Waals surface area contributed by atoms with Gasteiger partial charge in [0.2, 0.25) is 5.91 Å². The Kier molecular flexibility index (Phi) is 8.95. The van der Waals surface area contributed by atoms with Crippen molar-refractivity contribution in [1.82, 2.24) is 14.9 Å². The first-order valence-corrected chi connectivity index (χ1v) is 10.7. The molecule has 1 saturated heterocycles. The molecule has 2 N–H and O–H groups in total. The Morgan fingerprint density at radius 2 is 1.90 bits per heavy atom. The van der Waals surface area contributed by atoms with Crippen molar-refractivity contribution >= 4 is 48.1 Å². The third kappa shape index (κ3) is 5.43. The third-order valence-corrected chi connectivity index (χ3v) is 6.40. The molecule has 0 radical (unpaired) electrons. The number of carbonyl (C=O) groups excluding carboxylic acids is 1. The van der Waals surface area contributed by atoms with Crippen molar-refractivity contribution in [1.29, 1.82) is 0 Å². The summed E-state index contributed by atoms with van der Waals surface area (Å²) in [5.41, 5.74) is 9.73. The number of nitrogens with two attached hydrogens (primary N) is 1. The minimum absolute atomic E-state index is 0. The summed E-state index contributed by atoms with van der Waals surface area (Å²) in [4.78, 5) is 26.2. The summed E-state index contributed by atoms with van der Waals surface area (Å²) in [5.74, 6) is 1.54. The van der Waals surface area contributed by atoms with E-state index in [4.69, 9.17) is 17.3 Å². The van der Waals surface area contributed by atoms with Gasteiger partial charge in [0.15, 0.2) is 0 Å². The van der Waals surface area contributed by atoms with E-state index in [0.717, 1.165) is 30.8 Å². The number of nitrogens with zero attached hydrogens (tertiary/aromatic N) is 4. The predicted octanol–water partition coefficient (Wildman–Crippen LogP) is 3.63. The number of rotatable bonds is 4. The van der Waals surface area contributed by atoms with Crippen LogP contribution >= 0.6 is 36.4 Å². The molecular weight excluding hydrogens is 457 g/mol. The number of halogens is 3. The Morgan fingerprint density at radius 1 is 1.19 bits per heavy atom. The fourth-order valence-corrected chi connectivity index (χ4v) is 4.65. The van der Waals surface area contributed by atoms with Crippen molar-refractivity contribution in [3.63, 3.8) is 0 Å². The number of carbonyl (C=O) groups is 1. The van der Waals surface area contributed by atoms with Gasteiger partial charge in [-0.15, -0.1) is 24.8 Å². The third-order valence-electron chi connectivity index (χ3n) is 6.15. The average molecular weight is 487 g/mol. The lowest BCUT2D eigenvalue weighted by Gasteiger charge is -2.42. The zero-order valence-corrected chi connectivity index (χ0v) is 20.2. The Labute approximate surface area is 201 Å².